The quantitative estimate of drug-likeness (QED) is 0.505. The molecule has 1 amide bonds. The average molecular weight is 490 g/mol. The molecule has 2 aromatic carbocycles. The SMILES string of the molecule is CC(=O)N1CCN(c2ccc(Nc3nc(N)c(C(=O)c4c(Cl)cccc4Cl)s3)cc2)CC1. The monoisotopic (exact) mass is 489 g/mol. The molecule has 2 heterocycles. The molecule has 1 aliphatic heterocycles. The summed E-state index contributed by atoms with van der Waals surface area (Å²) in [5.41, 5.74) is 8.12. The van der Waals surface area contributed by atoms with Crippen molar-refractivity contribution in [1.82, 2.24) is 9.88 Å². The van der Waals surface area contributed by atoms with E-state index in [0.29, 0.717) is 5.13 Å². The Morgan fingerprint density at radius 2 is 1.66 bits per heavy atom. The van der Waals surface area contributed by atoms with Crippen LogP contribution in [-0.2, 0) is 4.79 Å². The van der Waals surface area contributed by atoms with Crippen LogP contribution in [-0.4, -0.2) is 47.8 Å². The number of benzene rings is 2. The first kappa shape index (κ1) is 22.4. The summed E-state index contributed by atoms with van der Waals surface area (Å²) in [6.45, 7) is 4.64. The van der Waals surface area contributed by atoms with Gasteiger partial charge in [-0.15, -0.1) is 0 Å². The topological polar surface area (TPSA) is 91.6 Å². The lowest BCUT2D eigenvalue weighted by Crippen LogP contribution is -2.48. The summed E-state index contributed by atoms with van der Waals surface area (Å²) in [6.07, 6.45) is 0. The fraction of sp³-hybridized carbons (Fsp3) is 0.227. The van der Waals surface area contributed by atoms with E-state index < -0.39 is 0 Å². The van der Waals surface area contributed by atoms with Gasteiger partial charge in [0.2, 0.25) is 11.7 Å². The smallest absolute Gasteiger partial charge is 0.219 e. The van der Waals surface area contributed by atoms with Gasteiger partial charge in [0.05, 0.1) is 15.6 Å². The Hall–Kier alpha value is -2.81. The maximum absolute atomic E-state index is 12.9. The molecular weight excluding hydrogens is 469 g/mol. The zero-order valence-electron chi connectivity index (χ0n) is 17.3. The van der Waals surface area contributed by atoms with Gasteiger partial charge in [-0.2, -0.15) is 0 Å². The van der Waals surface area contributed by atoms with Crippen molar-refractivity contribution in [3.63, 3.8) is 0 Å². The van der Waals surface area contributed by atoms with E-state index in [0.717, 1.165) is 48.9 Å². The van der Waals surface area contributed by atoms with Crippen LogP contribution in [0, 0.1) is 0 Å². The number of anilines is 4. The molecule has 0 atom stereocenters. The summed E-state index contributed by atoms with van der Waals surface area (Å²) in [4.78, 5) is 33.1. The van der Waals surface area contributed by atoms with Crippen molar-refractivity contribution in [2.24, 2.45) is 0 Å². The van der Waals surface area contributed by atoms with E-state index in [2.05, 4.69) is 15.2 Å². The Kier molecular flexibility index (Phi) is 6.55. The van der Waals surface area contributed by atoms with E-state index in [1.807, 2.05) is 29.2 Å². The lowest BCUT2D eigenvalue weighted by atomic mass is 10.1. The van der Waals surface area contributed by atoms with Crippen molar-refractivity contribution in [2.75, 3.05) is 42.1 Å². The van der Waals surface area contributed by atoms with Crippen LogP contribution in [0.15, 0.2) is 42.5 Å². The summed E-state index contributed by atoms with van der Waals surface area (Å²) in [5, 5.41) is 4.22. The maximum atomic E-state index is 12.9. The molecule has 0 aliphatic carbocycles. The van der Waals surface area contributed by atoms with Gasteiger partial charge < -0.3 is 20.9 Å². The molecule has 4 rings (SSSR count). The van der Waals surface area contributed by atoms with Gasteiger partial charge >= 0.3 is 0 Å². The number of halogens is 2. The molecule has 7 nitrogen and oxygen atoms in total. The molecule has 0 unspecified atom stereocenters. The highest BCUT2D eigenvalue weighted by Gasteiger charge is 2.23. The first-order valence-corrected chi connectivity index (χ1v) is 11.5. The van der Waals surface area contributed by atoms with E-state index in [-0.39, 0.29) is 38.0 Å². The summed E-state index contributed by atoms with van der Waals surface area (Å²) in [5.74, 6) is -0.122. The van der Waals surface area contributed by atoms with Gasteiger partial charge in [-0.3, -0.25) is 9.59 Å². The summed E-state index contributed by atoms with van der Waals surface area (Å²) in [7, 11) is 0. The van der Waals surface area contributed by atoms with E-state index >= 15 is 0 Å². The lowest BCUT2D eigenvalue weighted by Gasteiger charge is -2.35. The molecule has 1 fully saturated rings. The molecule has 1 aliphatic rings. The van der Waals surface area contributed by atoms with Gasteiger partial charge in [0, 0.05) is 44.5 Å². The number of rotatable bonds is 5. The second kappa shape index (κ2) is 9.36. The number of hydrogen-bond acceptors (Lipinski definition) is 7. The number of carbonyl (C=O) groups is 2. The second-order valence-corrected chi connectivity index (χ2v) is 9.14. The second-order valence-electron chi connectivity index (χ2n) is 7.32. The molecule has 0 spiro atoms. The van der Waals surface area contributed by atoms with Crippen molar-refractivity contribution >= 4 is 68.6 Å². The van der Waals surface area contributed by atoms with Gasteiger partial charge in [0.1, 0.15) is 10.7 Å². The van der Waals surface area contributed by atoms with Crippen molar-refractivity contribution in [3.05, 3.63) is 63.0 Å². The summed E-state index contributed by atoms with van der Waals surface area (Å²) < 4.78 is 0. The molecule has 10 heteroatoms. The number of ketones is 1. The zero-order valence-corrected chi connectivity index (χ0v) is 19.6. The summed E-state index contributed by atoms with van der Waals surface area (Å²) >= 11 is 13.5. The Bertz CT molecular complexity index is 1140. The van der Waals surface area contributed by atoms with E-state index in [1.54, 1.807) is 25.1 Å². The van der Waals surface area contributed by atoms with Gasteiger partial charge in [0.25, 0.3) is 0 Å². The number of nitrogens with two attached hydrogens (primary N) is 1. The van der Waals surface area contributed by atoms with E-state index in [9.17, 15) is 9.59 Å². The minimum atomic E-state index is -0.358. The van der Waals surface area contributed by atoms with Crippen molar-refractivity contribution in [2.45, 2.75) is 6.92 Å². The number of hydrogen-bond donors (Lipinski definition) is 2. The number of piperazine rings is 1. The van der Waals surface area contributed by atoms with E-state index in [1.165, 1.54) is 0 Å². The highest BCUT2D eigenvalue weighted by atomic mass is 35.5. The van der Waals surface area contributed by atoms with Crippen molar-refractivity contribution in [1.29, 1.82) is 0 Å². The van der Waals surface area contributed by atoms with Crippen LogP contribution in [0.2, 0.25) is 10.0 Å². The molecule has 0 saturated carbocycles. The summed E-state index contributed by atoms with van der Waals surface area (Å²) in [6, 6.07) is 12.8. The minimum absolute atomic E-state index is 0.113. The van der Waals surface area contributed by atoms with Crippen LogP contribution < -0.4 is 16.0 Å². The number of nitrogen functional groups attached to an aromatic ring is 1. The van der Waals surface area contributed by atoms with Gasteiger partial charge in [0.15, 0.2) is 5.13 Å². The Labute approximate surface area is 199 Å². The number of carbonyl (C=O) groups excluding carboxylic acids is 2. The average Bonchev–Trinajstić information content (AvgIpc) is 3.14. The minimum Gasteiger partial charge on any atom is -0.382 e. The van der Waals surface area contributed by atoms with E-state index in [4.69, 9.17) is 28.9 Å². The largest absolute Gasteiger partial charge is 0.382 e. The highest BCUT2D eigenvalue weighted by Crippen LogP contribution is 2.34. The third-order valence-electron chi connectivity index (χ3n) is 5.26. The Morgan fingerprint density at radius 1 is 1.03 bits per heavy atom. The highest BCUT2D eigenvalue weighted by molar-refractivity contribution is 7.18. The molecule has 1 aromatic heterocycles. The van der Waals surface area contributed by atoms with Crippen LogP contribution >= 0.6 is 34.5 Å². The molecular formula is C22H21Cl2N5O2S. The third kappa shape index (κ3) is 4.67. The fourth-order valence-electron chi connectivity index (χ4n) is 3.53. The predicted octanol–water partition coefficient (Wildman–Crippen LogP) is 4.68. The molecule has 32 heavy (non-hydrogen) atoms. The van der Waals surface area contributed by atoms with Crippen LogP contribution in [0.1, 0.15) is 22.2 Å². The molecule has 1 saturated heterocycles. The van der Waals surface area contributed by atoms with Gasteiger partial charge in [-0.25, -0.2) is 4.98 Å². The number of thiazole rings is 1. The van der Waals surface area contributed by atoms with Crippen LogP contribution in [0.3, 0.4) is 0 Å². The van der Waals surface area contributed by atoms with Crippen molar-refractivity contribution < 1.29 is 9.59 Å². The van der Waals surface area contributed by atoms with Crippen LogP contribution in [0.4, 0.5) is 22.3 Å². The number of nitrogens with zero attached hydrogens (tertiary/aromatic N) is 3. The first-order chi connectivity index (χ1) is 15.3. The number of amides is 1. The predicted molar refractivity (Wildman–Crippen MR) is 131 cm³/mol. The third-order valence-corrected chi connectivity index (χ3v) is 6.87. The van der Waals surface area contributed by atoms with Crippen LogP contribution in [0.5, 0.6) is 0 Å². The molecule has 166 valence electrons. The maximum Gasteiger partial charge on any atom is 0.219 e. The Morgan fingerprint density at radius 3 is 2.25 bits per heavy atom. The normalized spacial score (nSPS) is 13.8. The fourth-order valence-corrected chi connectivity index (χ4v) is 4.96. The molecule has 0 bridgehead atoms. The lowest BCUT2D eigenvalue weighted by molar-refractivity contribution is -0.129. The standard InChI is InChI=1S/C22H21Cl2N5O2S/c1-13(30)28-9-11-29(12-10-28)15-7-5-14(6-8-15)26-22-27-21(25)20(32-22)19(31)18-16(23)3-2-4-17(18)24/h2-8H,9-12,25H2,1H3,(H,26,27). The Balaban J connectivity index is 1.45. The van der Waals surface area contributed by atoms with Gasteiger partial charge in [-0.1, -0.05) is 40.6 Å². The molecule has 3 aromatic rings. The van der Waals surface area contributed by atoms with Crippen molar-refractivity contribution in [3.8, 4) is 0 Å². The first-order valence-electron chi connectivity index (χ1n) is 9.96. The zero-order chi connectivity index (χ0) is 22.8. The van der Waals surface area contributed by atoms with Crippen LogP contribution in [0.25, 0.3) is 0 Å². The van der Waals surface area contributed by atoms with Gasteiger partial charge in [-0.05, 0) is 36.4 Å². The number of nitrogens with one attached hydrogen (secondary N) is 1. The molecule has 3 N–H and O–H groups in total. The molecule has 0 radical (unpaired) electrons. The number of aromatic nitrogens is 1.